The fourth-order valence-corrected chi connectivity index (χ4v) is 6.64. The van der Waals surface area contributed by atoms with Crippen molar-refractivity contribution < 1.29 is 34.0 Å². The van der Waals surface area contributed by atoms with Crippen LogP contribution >= 0.6 is 0 Å². The maximum atomic E-state index is 11.3. The molecule has 61 heavy (non-hydrogen) atoms. The van der Waals surface area contributed by atoms with Gasteiger partial charge in [-0.05, 0) is 93.7 Å². The number of benzene rings is 6. The summed E-state index contributed by atoms with van der Waals surface area (Å²) in [7, 11) is 6.40. The van der Waals surface area contributed by atoms with Crippen LogP contribution in [-0.2, 0) is 6.54 Å². The van der Waals surface area contributed by atoms with Crippen molar-refractivity contribution in [1.29, 1.82) is 0 Å². The Morgan fingerprint density at radius 3 is 1.33 bits per heavy atom. The molecule has 9 nitrogen and oxygen atoms in total. The fraction of sp³-hybridized carbons (Fsp3) is 0.212. The molecule has 0 bridgehead atoms. The van der Waals surface area contributed by atoms with Crippen molar-refractivity contribution in [3.05, 3.63) is 166 Å². The molecule has 0 atom stereocenters. The number of methoxy groups -OCH3 is 4. The predicted octanol–water partition coefficient (Wildman–Crippen LogP) is 9.53. The lowest BCUT2D eigenvalue weighted by Crippen LogP contribution is -2.18. The van der Waals surface area contributed by atoms with Crippen molar-refractivity contribution in [1.82, 2.24) is 5.32 Å². The number of aliphatic hydroxyl groups is 2. The van der Waals surface area contributed by atoms with Crippen LogP contribution in [0, 0.1) is 13.8 Å². The number of nitrogens with two attached hydrogens (primary N) is 1. The first-order chi connectivity index (χ1) is 29.8. The quantitative estimate of drug-likeness (QED) is 0.0428. The maximum Gasteiger partial charge on any atom is 0.157 e. The standard InChI is InChI=1S/C26H29NO3.C24H22O3.C2H7NO/c1-19-21(10-7-11-23(19)22-8-5-4-6-9-22)13-12-20-16-25(29-2)24(18-27-14-15-28)26(17-20)30-3;1-17-19(10-7-11-21(17)20-8-5-4-6-9-20)13-12-18-14-23(26-2)22(16-25)24(15-18)27-3;3-1-2-4/h4-13,16-17,27-28H,14-15,18H2,1-3H3;4-16H,1-3H3;4H,1-3H2/b2*13-12+;. The minimum absolute atomic E-state index is 0.0901. The summed E-state index contributed by atoms with van der Waals surface area (Å²) in [5, 5.41) is 19.9. The number of aliphatic hydroxyl groups excluding tert-OH is 2. The van der Waals surface area contributed by atoms with Gasteiger partial charge in [-0.3, -0.25) is 4.79 Å². The number of hydrogen-bond acceptors (Lipinski definition) is 9. The van der Waals surface area contributed by atoms with Gasteiger partial charge < -0.3 is 40.2 Å². The first kappa shape index (κ1) is 47.2. The average molecular weight is 823 g/mol. The largest absolute Gasteiger partial charge is 0.496 e. The van der Waals surface area contributed by atoms with Crippen LogP contribution < -0.4 is 30.0 Å². The van der Waals surface area contributed by atoms with Gasteiger partial charge in [0.15, 0.2) is 6.29 Å². The van der Waals surface area contributed by atoms with Crippen LogP contribution in [0.5, 0.6) is 23.0 Å². The van der Waals surface area contributed by atoms with Crippen LogP contribution in [0.2, 0.25) is 0 Å². The van der Waals surface area contributed by atoms with E-state index in [1.165, 1.54) is 38.9 Å². The lowest BCUT2D eigenvalue weighted by Gasteiger charge is -2.15. The molecule has 0 heterocycles. The van der Waals surface area contributed by atoms with Gasteiger partial charge in [-0.15, -0.1) is 0 Å². The van der Waals surface area contributed by atoms with Crippen LogP contribution in [0.4, 0.5) is 0 Å². The molecule has 0 spiro atoms. The summed E-state index contributed by atoms with van der Waals surface area (Å²) in [5.74, 6) is 2.51. The molecule has 9 heteroatoms. The molecule has 0 saturated carbocycles. The average Bonchev–Trinajstić information content (AvgIpc) is 3.31. The van der Waals surface area contributed by atoms with Crippen LogP contribution in [0.15, 0.2) is 121 Å². The van der Waals surface area contributed by atoms with E-state index in [2.05, 4.69) is 110 Å². The topological polar surface area (TPSA) is 132 Å². The third-order valence-electron chi connectivity index (χ3n) is 9.87. The van der Waals surface area contributed by atoms with Gasteiger partial charge in [-0.2, -0.15) is 0 Å². The van der Waals surface area contributed by atoms with Crippen molar-refractivity contribution in [2.75, 3.05) is 54.7 Å². The second-order valence-electron chi connectivity index (χ2n) is 13.7. The van der Waals surface area contributed by atoms with Crippen LogP contribution in [0.25, 0.3) is 46.6 Å². The Morgan fingerprint density at radius 1 is 0.557 bits per heavy atom. The van der Waals surface area contributed by atoms with E-state index in [4.69, 9.17) is 34.9 Å². The van der Waals surface area contributed by atoms with Crippen LogP contribution in [0.3, 0.4) is 0 Å². The van der Waals surface area contributed by atoms with E-state index in [1.54, 1.807) is 28.4 Å². The molecule has 6 aromatic rings. The van der Waals surface area contributed by atoms with Gasteiger partial charge in [0, 0.05) is 25.2 Å². The van der Waals surface area contributed by atoms with E-state index in [0.717, 1.165) is 40.0 Å². The Hall–Kier alpha value is -6.49. The molecule has 0 aliphatic rings. The predicted molar refractivity (Wildman–Crippen MR) is 250 cm³/mol. The monoisotopic (exact) mass is 822 g/mol. The Morgan fingerprint density at radius 2 is 0.967 bits per heavy atom. The minimum Gasteiger partial charge on any atom is -0.496 e. The van der Waals surface area contributed by atoms with E-state index in [9.17, 15) is 4.79 Å². The smallest absolute Gasteiger partial charge is 0.157 e. The van der Waals surface area contributed by atoms with Crippen LogP contribution in [-0.4, -0.2) is 71.2 Å². The van der Waals surface area contributed by atoms with Crippen molar-refractivity contribution >= 4 is 30.6 Å². The molecule has 0 amide bonds. The van der Waals surface area contributed by atoms with Gasteiger partial charge in [0.1, 0.15) is 23.0 Å². The highest BCUT2D eigenvalue weighted by Gasteiger charge is 2.13. The second kappa shape index (κ2) is 25.2. The lowest BCUT2D eigenvalue weighted by molar-refractivity contribution is 0.111. The number of carbonyl (C=O) groups excluding carboxylic acids is 1. The van der Waals surface area contributed by atoms with E-state index in [-0.39, 0.29) is 13.2 Å². The van der Waals surface area contributed by atoms with E-state index in [0.29, 0.717) is 36.7 Å². The summed E-state index contributed by atoms with van der Waals surface area (Å²) in [5.41, 5.74) is 17.6. The molecule has 0 radical (unpaired) electrons. The Kier molecular flexibility index (Phi) is 19.5. The molecule has 0 aliphatic carbocycles. The highest BCUT2D eigenvalue weighted by molar-refractivity contribution is 5.86. The maximum absolute atomic E-state index is 11.3. The normalized spacial score (nSPS) is 10.7. The van der Waals surface area contributed by atoms with Crippen LogP contribution in [0.1, 0.15) is 49.3 Å². The van der Waals surface area contributed by atoms with E-state index < -0.39 is 0 Å². The Bertz CT molecular complexity index is 2290. The molecule has 6 aromatic carbocycles. The molecule has 0 unspecified atom stereocenters. The Balaban J connectivity index is 0.000000248. The zero-order valence-corrected chi connectivity index (χ0v) is 36.0. The van der Waals surface area contributed by atoms with E-state index >= 15 is 0 Å². The van der Waals surface area contributed by atoms with Gasteiger partial charge in [0.05, 0.1) is 47.2 Å². The third-order valence-corrected chi connectivity index (χ3v) is 9.87. The fourth-order valence-electron chi connectivity index (χ4n) is 6.64. The highest BCUT2D eigenvalue weighted by atomic mass is 16.5. The summed E-state index contributed by atoms with van der Waals surface area (Å²) in [6, 6.07) is 41.1. The number of hydrogen-bond donors (Lipinski definition) is 4. The summed E-state index contributed by atoms with van der Waals surface area (Å²) >= 11 is 0. The van der Waals surface area contributed by atoms with Crippen molar-refractivity contribution in [3.8, 4) is 45.3 Å². The highest BCUT2D eigenvalue weighted by Crippen LogP contribution is 2.33. The first-order valence-electron chi connectivity index (χ1n) is 20.0. The van der Waals surface area contributed by atoms with Gasteiger partial charge in [-0.25, -0.2) is 0 Å². The minimum atomic E-state index is 0.0901. The SMILES string of the molecule is COc1cc(/C=C/c2cccc(-c3ccccc3)c2C)cc(OC)c1C=O.COc1cc(/C=C/c2cccc(-c3ccccc3)c2C)cc(OC)c1CNCCO.NCCO. The molecule has 0 saturated heterocycles. The zero-order chi connectivity index (χ0) is 44.0. The number of nitrogens with one attached hydrogen (secondary N) is 1. The molecular weight excluding hydrogens is 765 g/mol. The molecule has 318 valence electrons. The van der Waals surface area contributed by atoms with Gasteiger partial charge in [0.2, 0.25) is 0 Å². The zero-order valence-electron chi connectivity index (χ0n) is 36.0. The molecule has 0 fully saturated rings. The van der Waals surface area contributed by atoms with Crippen molar-refractivity contribution in [3.63, 3.8) is 0 Å². The summed E-state index contributed by atoms with van der Waals surface area (Å²) < 4.78 is 21.8. The van der Waals surface area contributed by atoms with Crippen molar-refractivity contribution in [2.24, 2.45) is 5.73 Å². The molecule has 0 aliphatic heterocycles. The number of rotatable bonds is 16. The summed E-state index contributed by atoms with van der Waals surface area (Å²) in [6.07, 6.45) is 9.01. The second-order valence-corrected chi connectivity index (χ2v) is 13.7. The molecule has 5 N–H and O–H groups in total. The molecule has 0 aromatic heterocycles. The van der Waals surface area contributed by atoms with Gasteiger partial charge in [-0.1, -0.05) is 121 Å². The number of aldehydes is 1. The Labute approximate surface area is 360 Å². The molecular formula is C52H58N2O7. The van der Waals surface area contributed by atoms with Gasteiger partial charge in [0.25, 0.3) is 0 Å². The third kappa shape index (κ3) is 13.3. The van der Waals surface area contributed by atoms with Gasteiger partial charge >= 0.3 is 0 Å². The molecule has 6 rings (SSSR count). The first-order valence-corrected chi connectivity index (χ1v) is 20.0. The van der Waals surface area contributed by atoms with E-state index in [1.807, 2.05) is 54.6 Å². The number of ether oxygens (including phenoxy) is 4. The lowest BCUT2D eigenvalue weighted by atomic mass is 9.96. The summed E-state index contributed by atoms with van der Waals surface area (Å²) in [6.45, 7) is 5.92. The van der Waals surface area contributed by atoms with Crippen molar-refractivity contribution in [2.45, 2.75) is 20.4 Å². The number of carbonyl (C=O) groups is 1. The summed E-state index contributed by atoms with van der Waals surface area (Å²) in [4.78, 5) is 11.3.